The zero-order valence-electron chi connectivity index (χ0n) is 13.4. The normalized spacial score (nSPS) is 14.9. The van der Waals surface area contributed by atoms with Crippen molar-refractivity contribution in [3.63, 3.8) is 0 Å². The maximum Gasteiger partial charge on any atom is 0.235 e. The Labute approximate surface area is 163 Å². The number of halogens is 2. The summed E-state index contributed by atoms with van der Waals surface area (Å²) in [6.45, 7) is 1.54. The molecule has 134 valence electrons. The molecule has 2 heterocycles. The Balaban J connectivity index is 1.44. The number of benzene rings is 1. The lowest BCUT2D eigenvalue weighted by Crippen LogP contribution is -2.38. The highest BCUT2D eigenvalue weighted by Gasteiger charge is 2.22. The van der Waals surface area contributed by atoms with Gasteiger partial charge in [-0.3, -0.25) is 9.00 Å². The molecular weight excluding hydrogens is 401 g/mol. The van der Waals surface area contributed by atoms with Crippen molar-refractivity contribution in [1.82, 2.24) is 4.90 Å². The first kappa shape index (κ1) is 18.7. The molecule has 0 unspecified atom stereocenters. The van der Waals surface area contributed by atoms with Crippen LogP contribution >= 0.6 is 34.5 Å². The first-order valence-corrected chi connectivity index (χ1v) is 10.9. The Hall–Kier alpha value is -1.08. The number of hydrogen-bond donors (Lipinski definition) is 0. The second kappa shape index (κ2) is 8.54. The Bertz CT molecular complexity index is 794. The van der Waals surface area contributed by atoms with Crippen LogP contribution in [0.3, 0.4) is 0 Å². The van der Waals surface area contributed by atoms with E-state index in [4.69, 9.17) is 27.9 Å². The van der Waals surface area contributed by atoms with Crippen molar-refractivity contribution in [1.29, 1.82) is 0 Å². The van der Waals surface area contributed by atoms with Crippen LogP contribution in [-0.2, 0) is 28.6 Å². The molecular formula is C17H17Cl2NO3S2. The summed E-state index contributed by atoms with van der Waals surface area (Å²) in [6, 6.07) is 7.00. The molecule has 1 aromatic carbocycles. The molecule has 1 atom stereocenters. The van der Waals surface area contributed by atoms with Gasteiger partial charge in [0.2, 0.25) is 5.91 Å². The van der Waals surface area contributed by atoms with Gasteiger partial charge in [0.15, 0.2) is 0 Å². The minimum atomic E-state index is -1.27. The van der Waals surface area contributed by atoms with E-state index in [2.05, 4.69) is 11.4 Å². The summed E-state index contributed by atoms with van der Waals surface area (Å²) in [5.74, 6) is 0.731. The van der Waals surface area contributed by atoms with Crippen molar-refractivity contribution < 1.29 is 13.7 Å². The summed E-state index contributed by atoms with van der Waals surface area (Å²) in [7, 11) is -1.27. The number of nitrogens with zero attached hydrogens (tertiary/aromatic N) is 1. The third-order valence-electron chi connectivity index (χ3n) is 3.91. The molecule has 2 aromatic rings. The molecule has 0 spiro atoms. The van der Waals surface area contributed by atoms with Gasteiger partial charge in [0, 0.05) is 33.8 Å². The zero-order valence-corrected chi connectivity index (χ0v) is 16.5. The summed E-state index contributed by atoms with van der Waals surface area (Å²) in [6.07, 6.45) is 0.879. The van der Waals surface area contributed by atoms with Gasteiger partial charge in [0.05, 0.1) is 17.4 Å². The summed E-state index contributed by atoms with van der Waals surface area (Å²) in [5.41, 5.74) is 1.20. The van der Waals surface area contributed by atoms with Gasteiger partial charge in [0.25, 0.3) is 0 Å². The molecule has 0 saturated carbocycles. The minimum absolute atomic E-state index is 0.0250. The van der Waals surface area contributed by atoms with Crippen LogP contribution in [0.25, 0.3) is 0 Å². The Morgan fingerprint density at radius 3 is 2.96 bits per heavy atom. The van der Waals surface area contributed by atoms with Crippen molar-refractivity contribution in [2.24, 2.45) is 0 Å². The molecule has 8 heteroatoms. The van der Waals surface area contributed by atoms with E-state index >= 15 is 0 Å². The van der Waals surface area contributed by atoms with Crippen LogP contribution in [0.5, 0.6) is 5.75 Å². The van der Waals surface area contributed by atoms with Crippen LogP contribution in [-0.4, -0.2) is 39.7 Å². The molecule has 0 radical (unpaired) electrons. The van der Waals surface area contributed by atoms with Gasteiger partial charge >= 0.3 is 0 Å². The standard InChI is InChI=1S/C17H17Cl2NO3S2/c18-13-1-2-15(14(19)9-13)23-6-8-25(22)11-17(21)20-5-3-16-12(10-20)4-7-24-16/h1-2,4,7,9H,3,5-6,8,10-11H2/t25-/m0/s1. The van der Waals surface area contributed by atoms with E-state index in [-0.39, 0.29) is 24.0 Å². The van der Waals surface area contributed by atoms with Crippen molar-refractivity contribution >= 4 is 51.2 Å². The number of thiophene rings is 1. The Morgan fingerprint density at radius 2 is 2.16 bits per heavy atom. The molecule has 0 bridgehead atoms. The molecule has 0 fully saturated rings. The third-order valence-corrected chi connectivity index (χ3v) is 6.65. The van der Waals surface area contributed by atoms with Gasteiger partial charge in [-0.15, -0.1) is 11.3 Å². The van der Waals surface area contributed by atoms with E-state index < -0.39 is 10.8 Å². The second-order valence-electron chi connectivity index (χ2n) is 5.65. The summed E-state index contributed by atoms with van der Waals surface area (Å²) in [5, 5.41) is 2.99. The number of ether oxygens (including phenoxy) is 1. The van der Waals surface area contributed by atoms with Crippen LogP contribution in [0.2, 0.25) is 10.0 Å². The molecule has 1 aromatic heterocycles. The average molecular weight is 418 g/mol. The largest absolute Gasteiger partial charge is 0.491 e. The highest BCUT2D eigenvalue weighted by atomic mass is 35.5. The molecule has 1 amide bonds. The third kappa shape index (κ3) is 4.97. The molecule has 25 heavy (non-hydrogen) atoms. The topological polar surface area (TPSA) is 46.6 Å². The van der Waals surface area contributed by atoms with Gasteiger partial charge in [-0.2, -0.15) is 0 Å². The van der Waals surface area contributed by atoms with Gasteiger partial charge in [-0.1, -0.05) is 23.2 Å². The highest BCUT2D eigenvalue weighted by Crippen LogP contribution is 2.27. The van der Waals surface area contributed by atoms with E-state index in [1.54, 1.807) is 34.4 Å². The van der Waals surface area contributed by atoms with Crippen molar-refractivity contribution in [2.75, 3.05) is 24.7 Å². The first-order chi connectivity index (χ1) is 12.0. The SMILES string of the molecule is O=C(C[S@@](=O)CCOc1ccc(Cl)cc1Cl)N1CCc2sccc2C1. The number of rotatable bonds is 6. The van der Waals surface area contributed by atoms with Crippen molar-refractivity contribution in [2.45, 2.75) is 13.0 Å². The fraction of sp³-hybridized carbons (Fsp3) is 0.353. The Morgan fingerprint density at radius 1 is 1.32 bits per heavy atom. The van der Waals surface area contributed by atoms with E-state index in [1.807, 2.05) is 0 Å². The van der Waals surface area contributed by atoms with Crippen LogP contribution in [0, 0.1) is 0 Å². The predicted octanol–water partition coefficient (Wildman–Crippen LogP) is 3.77. The number of carbonyl (C=O) groups excluding carboxylic acids is 1. The fourth-order valence-corrected chi connectivity index (χ4v) is 4.82. The quantitative estimate of drug-likeness (QED) is 0.718. The number of carbonyl (C=O) groups is 1. The van der Waals surface area contributed by atoms with Gasteiger partial charge in [-0.25, -0.2) is 0 Å². The summed E-state index contributed by atoms with van der Waals surface area (Å²) < 4.78 is 17.7. The minimum Gasteiger partial charge on any atom is -0.491 e. The monoisotopic (exact) mass is 417 g/mol. The van der Waals surface area contributed by atoms with Gasteiger partial charge in [-0.05, 0) is 41.6 Å². The lowest BCUT2D eigenvalue weighted by Gasteiger charge is -2.26. The van der Waals surface area contributed by atoms with Crippen LogP contribution in [0.15, 0.2) is 29.6 Å². The van der Waals surface area contributed by atoms with Gasteiger partial charge < -0.3 is 9.64 Å². The summed E-state index contributed by atoms with van der Waals surface area (Å²) >= 11 is 13.6. The predicted molar refractivity (Wildman–Crippen MR) is 103 cm³/mol. The second-order valence-corrected chi connectivity index (χ2v) is 9.07. The van der Waals surface area contributed by atoms with Crippen LogP contribution < -0.4 is 4.74 Å². The lowest BCUT2D eigenvalue weighted by molar-refractivity contribution is -0.129. The molecule has 4 nitrogen and oxygen atoms in total. The molecule has 3 rings (SSSR count). The maximum absolute atomic E-state index is 12.3. The van der Waals surface area contributed by atoms with E-state index in [9.17, 15) is 9.00 Å². The zero-order chi connectivity index (χ0) is 17.8. The Kier molecular flexibility index (Phi) is 6.39. The maximum atomic E-state index is 12.3. The van der Waals surface area contributed by atoms with Gasteiger partial charge in [0.1, 0.15) is 11.5 Å². The van der Waals surface area contributed by atoms with Crippen molar-refractivity contribution in [3.8, 4) is 5.75 Å². The number of amides is 1. The lowest BCUT2D eigenvalue weighted by atomic mass is 10.1. The van der Waals surface area contributed by atoms with Crippen molar-refractivity contribution in [3.05, 3.63) is 50.1 Å². The number of hydrogen-bond acceptors (Lipinski definition) is 4. The molecule has 0 saturated heterocycles. The molecule has 1 aliphatic rings. The van der Waals surface area contributed by atoms with E-state index in [0.29, 0.717) is 28.9 Å². The smallest absolute Gasteiger partial charge is 0.235 e. The fourth-order valence-electron chi connectivity index (χ4n) is 2.60. The number of fused-ring (bicyclic) bond motifs is 1. The molecule has 0 N–H and O–H groups in total. The highest BCUT2D eigenvalue weighted by molar-refractivity contribution is 7.85. The van der Waals surface area contributed by atoms with E-state index in [0.717, 1.165) is 6.42 Å². The molecule has 1 aliphatic heterocycles. The molecule has 0 aliphatic carbocycles. The summed E-state index contributed by atoms with van der Waals surface area (Å²) in [4.78, 5) is 15.5. The first-order valence-electron chi connectivity index (χ1n) is 7.79. The van der Waals surface area contributed by atoms with E-state index in [1.165, 1.54) is 10.4 Å². The van der Waals surface area contributed by atoms with Crippen LogP contribution in [0.4, 0.5) is 0 Å². The average Bonchev–Trinajstić information content (AvgIpc) is 3.04. The van der Waals surface area contributed by atoms with Crippen LogP contribution in [0.1, 0.15) is 10.4 Å².